The number of hydrogen-bond donors (Lipinski definition) is 2. The number of carboxylic acid groups (broad SMARTS) is 1. The summed E-state index contributed by atoms with van der Waals surface area (Å²) < 4.78 is 0. The fraction of sp³-hybridized carbons (Fsp3) is 0.478. The number of nitrogens with one attached hydrogen (secondary N) is 1. The quantitative estimate of drug-likeness (QED) is 0.659. The Morgan fingerprint density at radius 2 is 1.85 bits per heavy atom. The topological polar surface area (TPSA) is 98.7 Å². The Bertz CT molecular complexity index is 1010. The van der Waals surface area contributed by atoms with Crippen LogP contribution in [0.5, 0.6) is 0 Å². The molecule has 0 bridgehead atoms. The van der Waals surface area contributed by atoms with E-state index < -0.39 is 6.09 Å². The van der Waals surface area contributed by atoms with Crippen LogP contribution < -0.4 is 10.2 Å². The first-order valence-corrected chi connectivity index (χ1v) is 11.8. The molecule has 2 aliphatic heterocycles. The number of halogens is 2. The molecule has 33 heavy (non-hydrogen) atoms. The fourth-order valence-electron chi connectivity index (χ4n) is 4.77. The highest BCUT2D eigenvalue weighted by atomic mass is 35.5. The predicted molar refractivity (Wildman–Crippen MR) is 127 cm³/mol. The van der Waals surface area contributed by atoms with Crippen molar-refractivity contribution in [2.45, 2.75) is 25.7 Å². The molecule has 10 heteroatoms. The van der Waals surface area contributed by atoms with Gasteiger partial charge in [-0.05, 0) is 49.6 Å². The van der Waals surface area contributed by atoms with E-state index in [-0.39, 0.29) is 30.2 Å². The van der Waals surface area contributed by atoms with Crippen LogP contribution in [0.3, 0.4) is 0 Å². The van der Waals surface area contributed by atoms with Crippen LogP contribution in [-0.2, 0) is 4.79 Å². The maximum absolute atomic E-state index is 13.4. The zero-order valence-electron chi connectivity index (χ0n) is 18.4. The van der Waals surface area contributed by atoms with Crippen LogP contribution >= 0.6 is 23.2 Å². The van der Waals surface area contributed by atoms with Crippen molar-refractivity contribution in [3.8, 4) is 0 Å². The van der Waals surface area contributed by atoms with Gasteiger partial charge in [-0.2, -0.15) is 5.10 Å². The number of aromatic nitrogens is 2. The van der Waals surface area contributed by atoms with Gasteiger partial charge in [0.25, 0.3) is 0 Å². The molecule has 3 heterocycles. The normalized spacial score (nSPS) is 21.3. The Morgan fingerprint density at radius 3 is 2.48 bits per heavy atom. The molecule has 176 valence electrons. The van der Waals surface area contributed by atoms with E-state index in [1.54, 1.807) is 6.07 Å². The van der Waals surface area contributed by atoms with Crippen molar-refractivity contribution in [3.05, 3.63) is 51.6 Å². The highest BCUT2D eigenvalue weighted by molar-refractivity contribution is 6.42. The third-order valence-corrected chi connectivity index (χ3v) is 7.33. The molecule has 2 amide bonds. The lowest BCUT2D eigenvalue weighted by atomic mass is 9.89. The van der Waals surface area contributed by atoms with Crippen LogP contribution in [0.1, 0.15) is 30.0 Å². The largest absolute Gasteiger partial charge is 0.465 e. The number of likely N-dealkylation sites (tertiary alicyclic amines) is 1. The predicted octanol–water partition coefficient (Wildman–Crippen LogP) is 3.82. The van der Waals surface area contributed by atoms with Crippen molar-refractivity contribution in [3.63, 3.8) is 0 Å². The summed E-state index contributed by atoms with van der Waals surface area (Å²) in [5.41, 5.74) is 1.84. The number of amides is 2. The van der Waals surface area contributed by atoms with Crippen molar-refractivity contribution < 1.29 is 14.7 Å². The Labute approximate surface area is 202 Å². The summed E-state index contributed by atoms with van der Waals surface area (Å²) in [6, 6.07) is 9.37. The molecule has 8 nitrogen and oxygen atoms in total. The summed E-state index contributed by atoms with van der Waals surface area (Å²) in [5.74, 6) is 0.865. The van der Waals surface area contributed by atoms with Crippen LogP contribution in [-0.4, -0.2) is 64.9 Å². The lowest BCUT2D eigenvalue weighted by Gasteiger charge is -2.33. The SMILES string of the molecule is Cc1ccc(N2CCC(C(=O)N3C[C@H](CNC(=O)O)[C@H](c4ccc(Cl)c(Cl)c4)C3)CC2)nn1. The van der Waals surface area contributed by atoms with Crippen molar-refractivity contribution in [1.29, 1.82) is 0 Å². The Hall–Kier alpha value is -2.58. The lowest BCUT2D eigenvalue weighted by molar-refractivity contribution is -0.135. The zero-order valence-corrected chi connectivity index (χ0v) is 19.9. The maximum Gasteiger partial charge on any atom is 0.404 e. The molecular weight excluding hydrogens is 465 g/mol. The van der Waals surface area contributed by atoms with Gasteiger partial charge in [0.1, 0.15) is 0 Å². The van der Waals surface area contributed by atoms with Gasteiger partial charge in [0, 0.05) is 50.5 Å². The van der Waals surface area contributed by atoms with Gasteiger partial charge in [-0.3, -0.25) is 4.79 Å². The first-order chi connectivity index (χ1) is 15.8. The molecular formula is C23H27Cl2N5O3. The minimum atomic E-state index is -1.07. The number of carbonyl (C=O) groups excluding carboxylic acids is 1. The number of hydrogen-bond acceptors (Lipinski definition) is 5. The van der Waals surface area contributed by atoms with Gasteiger partial charge >= 0.3 is 6.09 Å². The van der Waals surface area contributed by atoms with Crippen LogP contribution in [0.2, 0.25) is 10.0 Å². The summed E-state index contributed by atoms with van der Waals surface area (Å²) in [6.45, 7) is 4.72. The van der Waals surface area contributed by atoms with Gasteiger partial charge in [0.15, 0.2) is 5.82 Å². The smallest absolute Gasteiger partial charge is 0.404 e. The Kier molecular flexibility index (Phi) is 7.24. The number of nitrogens with zero attached hydrogens (tertiary/aromatic N) is 4. The number of carbonyl (C=O) groups is 2. The van der Waals surface area contributed by atoms with E-state index in [9.17, 15) is 9.59 Å². The molecule has 1 aromatic heterocycles. The molecule has 0 radical (unpaired) electrons. The zero-order chi connectivity index (χ0) is 23.5. The average molecular weight is 492 g/mol. The monoisotopic (exact) mass is 491 g/mol. The van der Waals surface area contributed by atoms with E-state index in [0.717, 1.165) is 43.0 Å². The number of anilines is 1. The number of benzene rings is 1. The van der Waals surface area contributed by atoms with Crippen LogP contribution in [0, 0.1) is 18.8 Å². The molecule has 0 saturated carbocycles. The van der Waals surface area contributed by atoms with E-state index >= 15 is 0 Å². The molecule has 0 spiro atoms. The highest BCUT2D eigenvalue weighted by Gasteiger charge is 2.39. The molecule has 4 rings (SSSR count). The van der Waals surface area contributed by atoms with Gasteiger partial charge < -0.3 is 20.2 Å². The molecule has 1 aromatic carbocycles. The van der Waals surface area contributed by atoms with Crippen LogP contribution in [0.4, 0.5) is 10.6 Å². The first kappa shape index (κ1) is 23.6. The van der Waals surface area contributed by atoms with E-state index in [0.29, 0.717) is 23.1 Å². The number of aryl methyl sites for hydroxylation is 1. The Morgan fingerprint density at radius 1 is 1.09 bits per heavy atom. The summed E-state index contributed by atoms with van der Waals surface area (Å²) in [5, 5.41) is 20.9. The molecule has 2 N–H and O–H groups in total. The van der Waals surface area contributed by atoms with Gasteiger partial charge in [-0.15, -0.1) is 5.10 Å². The van der Waals surface area contributed by atoms with Gasteiger partial charge in [-0.25, -0.2) is 4.79 Å². The van der Waals surface area contributed by atoms with E-state index in [4.69, 9.17) is 28.3 Å². The molecule has 2 aromatic rings. The van der Waals surface area contributed by atoms with Crippen molar-refractivity contribution in [1.82, 2.24) is 20.4 Å². The van der Waals surface area contributed by atoms with E-state index in [1.807, 2.05) is 36.1 Å². The summed E-state index contributed by atoms with van der Waals surface area (Å²) in [4.78, 5) is 28.5. The minimum Gasteiger partial charge on any atom is -0.465 e. The number of rotatable bonds is 5. The van der Waals surface area contributed by atoms with Crippen LogP contribution in [0.25, 0.3) is 0 Å². The summed E-state index contributed by atoms with van der Waals surface area (Å²) >= 11 is 12.3. The molecule has 2 fully saturated rings. The highest BCUT2D eigenvalue weighted by Crippen LogP contribution is 2.36. The second-order valence-electron chi connectivity index (χ2n) is 8.76. The molecule has 2 saturated heterocycles. The van der Waals surface area contributed by atoms with Crippen LogP contribution in [0.15, 0.2) is 30.3 Å². The van der Waals surface area contributed by atoms with Crippen molar-refractivity contribution in [2.75, 3.05) is 37.6 Å². The molecule has 0 aliphatic carbocycles. The minimum absolute atomic E-state index is 0.0153. The second-order valence-corrected chi connectivity index (χ2v) is 9.58. The second kappa shape index (κ2) is 10.1. The summed E-state index contributed by atoms with van der Waals surface area (Å²) in [7, 11) is 0. The lowest BCUT2D eigenvalue weighted by Crippen LogP contribution is -2.42. The first-order valence-electron chi connectivity index (χ1n) is 11.1. The third kappa shape index (κ3) is 5.50. The summed E-state index contributed by atoms with van der Waals surface area (Å²) in [6.07, 6.45) is 0.431. The number of piperidine rings is 1. The molecule has 2 aliphatic rings. The average Bonchev–Trinajstić information content (AvgIpc) is 3.24. The maximum atomic E-state index is 13.4. The fourth-order valence-corrected chi connectivity index (χ4v) is 5.08. The molecule has 2 atom stereocenters. The standard InChI is InChI=1S/C23H27Cl2N5O3/c1-14-2-5-21(28-27-14)29-8-6-15(7-9-29)22(31)30-12-17(11-26-23(32)33)18(13-30)16-3-4-19(24)20(25)10-16/h2-5,10,15,17-18,26H,6-9,11-13H2,1H3,(H,32,33)/t17-,18-/m0/s1. The van der Waals surface area contributed by atoms with E-state index in [1.165, 1.54) is 0 Å². The Balaban J connectivity index is 1.42. The van der Waals surface area contributed by atoms with Crippen molar-refractivity contribution in [2.24, 2.45) is 11.8 Å². The van der Waals surface area contributed by atoms with Gasteiger partial charge in [0.05, 0.1) is 15.7 Å². The van der Waals surface area contributed by atoms with Gasteiger partial charge in [-0.1, -0.05) is 29.3 Å². The van der Waals surface area contributed by atoms with Crippen molar-refractivity contribution >= 4 is 41.0 Å². The third-order valence-electron chi connectivity index (χ3n) is 6.59. The van der Waals surface area contributed by atoms with Gasteiger partial charge in [0.2, 0.25) is 5.91 Å². The molecule has 0 unspecified atom stereocenters. The van der Waals surface area contributed by atoms with E-state index in [2.05, 4.69) is 20.4 Å².